The van der Waals surface area contributed by atoms with Gasteiger partial charge in [0.15, 0.2) is 5.82 Å². The highest BCUT2D eigenvalue weighted by atomic mass is 16.1. The van der Waals surface area contributed by atoms with Crippen LogP contribution in [0.15, 0.2) is 73.3 Å². The van der Waals surface area contributed by atoms with E-state index >= 15 is 0 Å². The zero-order valence-corrected chi connectivity index (χ0v) is 15.6. The molecule has 0 atom stereocenters. The van der Waals surface area contributed by atoms with Crippen LogP contribution in [0.4, 0.5) is 5.82 Å². The predicted molar refractivity (Wildman–Crippen MR) is 109 cm³/mol. The third-order valence-electron chi connectivity index (χ3n) is 4.85. The molecule has 0 unspecified atom stereocenters. The molecule has 1 N–H and O–H groups in total. The average Bonchev–Trinajstić information content (AvgIpc) is 3.50. The molecule has 7 nitrogen and oxygen atoms in total. The maximum atomic E-state index is 12.8. The zero-order valence-electron chi connectivity index (χ0n) is 15.6. The topological polar surface area (TPSA) is 85.6 Å². The van der Waals surface area contributed by atoms with Gasteiger partial charge in [0.05, 0.1) is 0 Å². The highest BCUT2D eigenvalue weighted by molar-refractivity contribution is 6.04. The Hall–Kier alpha value is -3.87. The van der Waals surface area contributed by atoms with E-state index in [1.807, 2.05) is 47.0 Å². The number of nitrogens with one attached hydrogen (secondary N) is 1. The Balaban J connectivity index is 1.38. The maximum absolute atomic E-state index is 12.8. The highest BCUT2D eigenvalue weighted by Crippen LogP contribution is 2.37. The first kappa shape index (κ1) is 17.2. The van der Waals surface area contributed by atoms with Crippen LogP contribution in [0.1, 0.15) is 29.2 Å². The molecule has 1 amide bonds. The summed E-state index contributed by atoms with van der Waals surface area (Å²) in [6.07, 6.45) is 7.51. The summed E-state index contributed by atoms with van der Waals surface area (Å²) in [5, 5.41) is 11.1. The van der Waals surface area contributed by atoms with Gasteiger partial charge >= 0.3 is 0 Å². The van der Waals surface area contributed by atoms with E-state index in [0.29, 0.717) is 23.1 Å². The molecule has 1 aromatic carbocycles. The molecule has 4 aromatic rings. The fourth-order valence-electron chi connectivity index (χ4n) is 3.24. The molecule has 3 heterocycles. The molecule has 1 saturated carbocycles. The number of nitrogens with zero attached hydrogens (tertiary/aromatic N) is 5. The number of aromatic nitrogens is 5. The number of benzene rings is 1. The Bertz CT molecular complexity index is 1170. The van der Waals surface area contributed by atoms with Crippen LogP contribution in [0.25, 0.3) is 22.6 Å². The second-order valence-corrected chi connectivity index (χ2v) is 6.98. The number of hydrogen-bond acceptors (Lipinski definition) is 5. The Labute approximate surface area is 167 Å². The lowest BCUT2D eigenvalue weighted by Crippen LogP contribution is -2.13. The van der Waals surface area contributed by atoms with E-state index in [1.54, 1.807) is 30.9 Å². The van der Waals surface area contributed by atoms with Crippen molar-refractivity contribution >= 4 is 11.7 Å². The van der Waals surface area contributed by atoms with Crippen LogP contribution in [-0.2, 0) is 0 Å². The Morgan fingerprint density at radius 2 is 1.90 bits per heavy atom. The van der Waals surface area contributed by atoms with Crippen molar-refractivity contribution in [3.8, 4) is 22.6 Å². The first-order valence-corrected chi connectivity index (χ1v) is 9.47. The van der Waals surface area contributed by atoms with Crippen molar-refractivity contribution in [2.24, 2.45) is 0 Å². The van der Waals surface area contributed by atoms with Gasteiger partial charge in [0.25, 0.3) is 5.91 Å². The molecular formula is C22H18N6O. The van der Waals surface area contributed by atoms with E-state index in [-0.39, 0.29) is 5.91 Å². The summed E-state index contributed by atoms with van der Waals surface area (Å²) in [6, 6.07) is 17.2. The predicted octanol–water partition coefficient (Wildman–Crippen LogP) is 3.99. The molecule has 1 fully saturated rings. The fourth-order valence-corrected chi connectivity index (χ4v) is 3.24. The van der Waals surface area contributed by atoms with Crippen molar-refractivity contribution in [3.63, 3.8) is 0 Å². The number of carbonyl (C=O) groups is 1. The molecule has 29 heavy (non-hydrogen) atoms. The van der Waals surface area contributed by atoms with E-state index in [1.165, 1.54) is 0 Å². The average molecular weight is 382 g/mol. The number of pyridine rings is 2. The van der Waals surface area contributed by atoms with Gasteiger partial charge in [0, 0.05) is 29.6 Å². The van der Waals surface area contributed by atoms with Gasteiger partial charge in [0.2, 0.25) is 0 Å². The van der Waals surface area contributed by atoms with Gasteiger partial charge in [0.1, 0.15) is 17.8 Å². The number of amides is 1. The first-order valence-electron chi connectivity index (χ1n) is 9.47. The van der Waals surface area contributed by atoms with Gasteiger partial charge < -0.3 is 9.88 Å². The molecule has 7 heteroatoms. The zero-order chi connectivity index (χ0) is 19.6. The first-order chi connectivity index (χ1) is 14.3. The van der Waals surface area contributed by atoms with Crippen molar-refractivity contribution in [1.29, 1.82) is 0 Å². The summed E-state index contributed by atoms with van der Waals surface area (Å²) in [5.41, 5.74) is 3.14. The quantitative estimate of drug-likeness (QED) is 0.564. The Morgan fingerprint density at radius 3 is 2.72 bits per heavy atom. The summed E-state index contributed by atoms with van der Waals surface area (Å²) in [4.78, 5) is 21.5. The number of hydrogen-bond donors (Lipinski definition) is 1. The summed E-state index contributed by atoms with van der Waals surface area (Å²) in [7, 11) is 0. The van der Waals surface area contributed by atoms with Crippen molar-refractivity contribution < 1.29 is 4.79 Å². The van der Waals surface area contributed by atoms with Gasteiger partial charge in [-0.3, -0.25) is 9.78 Å². The van der Waals surface area contributed by atoms with Crippen LogP contribution in [0.5, 0.6) is 0 Å². The van der Waals surface area contributed by atoms with Crippen molar-refractivity contribution in [1.82, 2.24) is 24.7 Å². The second-order valence-electron chi connectivity index (χ2n) is 6.98. The standard InChI is InChI=1S/C22H18N6O/c29-22(16-5-1-4-15(12-16)17-6-3-11-23-13-17)26-20-8-2-7-19(25-20)21-27-24-14-28(21)18-9-10-18/h1-8,11-14,18H,9-10H2,(H,25,26,29). The molecule has 0 radical (unpaired) electrons. The van der Waals surface area contributed by atoms with Crippen LogP contribution in [-0.4, -0.2) is 30.6 Å². The third kappa shape index (κ3) is 3.62. The minimum absolute atomic E-state index is 0.218. The molecule has 0 bridgehead atoms. The molecule has 1 aliphatic carbocycles. The summed E-state index contributed by atoms with van der Waals surface area (Å²) in [5.74, 6) is 0.982. The number of rotatable bonds is 5. The number of carbonyl (C=O) groups excluding carboxylic acids is 1. The monoisotopic (exact) mass is 382 g/mol. The van der Waals surface area contributed by atoms with E-state index < -0.39 is 0 Å². The smallest absolute Gasteiger partial charge is 0.256 e. The lowest BCUT2D eigenvalue weighted by Gasteiger charge is -2.09. The molecular weight excluding hydrogens is 364 g/mol. The summed E-state index contributed by atoms with van der Waals surface area (Å²) >= 11 is 0. The third-order valence-corrected chi connectivity index (χ3v) is 4.85. The molecule has 3 aromatic heterocycles. The van der Waals surface area contributed by atoms with Gasteiger partial charge in [-0.25, -0.2) is 4.98 Å². The van der Waals surface area contributed by atoms with Gasteiger partial charge in [-0.05, 0) is 48.7 Å². The second kappa shape index (κ2) is 7.27. The normalized spacial score (nSPS) is 13.2. The minimum atomic E-state index is -0.218. The van der Waals surface area contributed by atoms with Gasteiger partial charge in [-0.2, -0.15) is 0 Å². The van der Waals surface area contributed by atoms with E-state index in [4.69, 9.17) is 0 Å². The molecule has 5 rings (SSSR count). The largest absolute Gasteiger partial charge is 0.309 e. The maximum Gasteiger partial charge on any atom is 0.256 e. The number of anilines is 1. The molecule has 0 saturated heterocycles. The van der Waals surface area contributed by atoms with E-state index in [2.05, 4.69) is 25.5 Å². The van der Waals surface area contributed by atoms with Crippen LogP contribution in [0.2, 0.25) is 0 Å². The minimum Gasteiger partial charge on any atom is -0.309 e. The van der Waals surface area contributed by atoms with E-state index in [0.717, 1.165) is 29.8 Å². The molecule has 0 spiro atoms. The molecule has 0 aliphatic heterocycles. The van der Waals surface area contributed by atoms with Gasteiger partial charge in [-0.15, -0.1) is 10.2 Å². The SMILES string of the molecule is O=C(Nc1cccc(-c2nncn2C2CC2)n1)c1cccc(-c2cccnc2)c1. The van der Waals surface area contributed by atoms with Crippen LogP contribution in [0.3, 0.4) is 0 Å². The highest BCUT2D eigenvalue weighted by Gasteiger charge is 2.27. The molecule has 142 valence electrons. The molecule has 1 aliphatic rings. The fraction of sp³-hybridized carbons (Fsp3) is 0.136. The van der Waals surface area contributed by atoms with E-state index in [9.17, 15) is 4.79 Å². The lowest BCUT2D eigenvalue weighted by molar-refractivity contribution is 0.102. The summed E-state index contributed by atoms with van der Waals surface area (Å²) in [6.45, 7) is 0. The lowest BCUT2D eigenvalue weighted by atomic mass is 10.0. The van der Waals surface area contributed by atoms with Gasteiger partial charge in [-0.1, -0.05) is 24.3 Å². The Morgan fingerprint density at radius 1 is 1.03 bits per heavy atom. The van der Waals surface area contributed by atoms with Crippen molar-refractivity contribution in [2.75, 3.05) is 5.32 Å². The van der Waals surface area contributed by atoms with Crippen LogP contribution in [0, 0.1) is 0 Å². The summed E-state index contributed by atoms with van der Waals surface area (Å²) < 4.78 is 2.05. The van der Waals surface area contributed by atoms with Crippen LogP contribution < -0.4 is 5.32 Å². The Kier molecular flexibility index (Phi) is 4.32. The van der Waals surface area contributed by atoms with Crippen molar-refractivity contribution in [3.05, 3.63) is 78.9 Å². The van der Waals surface area contributed by atoms with Crippen molar-refractivity contribution in [2.45, 2.75) is 18.9 Å². The van der Waals surface area contributed by atoms with Crippen LogP contribution >= 0.6 is 0 Å².